The van der Waals surface area contributed by atoms with Crippen molar-refractivity contribution in [1.82, 2.24) is 20.1 Å². The molecule has 2 aromatic rings. The highest BCUT2D eigenvalue weighted by Crippen LogP contribution is 2.24. The zero-order valence-electron chi connectivity index (χ0n) is 14.9. The molecule has 0 spiro atoms. The van der Waals surface area contributed by atoms with Crippen LogP contribution >= 0.6 is 0 Å². The van der Waals surface area contributed by atoms with Crippen LogP contribution in [0.4, 0.5) is 5.69 Å². The molecule has 4 rings (SSSR count). The number of amides is 1. The van der Waals surface area contributed by atoms with E-state index >= 15 is 0 Å². The molecule has 2 atom stereocenters. The summed E-state index contributed by atoms with van der Waals surface area (Å²) in [6.45, 7) is 5.87. The van der Waals surface area contributed by atoms with Gasteiger partial charge in [0.05, 0.1) is 12.1 Å². The summed E-state index contributed by atoms with van der Waals surface area (Å²) >= 11 is 0. The van der Waals surface area contributed by atoms with Gasteiger partial charge < -0.3 is 9.47 Å². The van der Waals surface area contributed by atoms with Crippen molar-refractivity contribution in [3.8, 4) is 0 Å². The number of hydrogen-bond acceptors (Lipinski definition) is 4. The van der Waals surface area contributed by atoms with Gasteiger partial charge in [0.2, 0.25) is 5.91 Å². The van der Waals surface area contributed by atoms with Gasteiger partial charge in [0, 0.05) is 25.2 Å². The Morgan fingerprint density at radius 2 is 1.96 bits per heavy atom. The van der Waals surface area contributed by atoms with Gasteiger partial charge in [0.25, 0.3) is 0 Å². The van der Waals surface area contributed by atoms with E-state index in [9.17, 15) is 4.79 Å². The lowest BCUT2D eigenvalue weighted by atomic mass is 10.1. The van der Waals surface area contributed by atoms with Crippen LogP contribution in [0.3, 0.4) is 0 Å². The van der Waals surface area contributed by atoms with E-state index in [-0.39, 0.29) is 18.0 Å². The zero-order valence-corrected chi connectivity index (χ0v) is 14.9. The number of fused-ring (bicyclic) bond motifs is 1. The fraction of sp³-hybridized carbons (Fsp3) is 0.526. The third kappa shape index (κ3) is 3.06. The Morgan fingerprint density at radius 3 is 2.76 bits per heavy atom. The first kappa shape index (κ1) is 16.3. The SMILES string of the molecule is Cc1ccc(N2CC[C@@H](N[C@H](C)c3nnc4n3CCCC4)C2=O)cc1. The highest BCUT2D eigenvalue weighted by molar-refractivity contribution is 5.99. The molecule has 0 unspecified atom stereocenters. The number of carbonyl (C=O) groups is 1. The molecule has 1 aromatic carbocycles. The maximum Gasteiger partial charge on any atom is 0.244 e. The molecule has 0 saturated carbocycles. The predicted molar refractivity (Wildman–Crippen MR) is 96.4 cm³/mol. The fourth-order valence-corrected chi connectivity index (χ4v) is 3.84. The maximum absolute atomic E-state index is 12.8. The first-order valence-electron chi connectivity index (χ1n) is 9.19. The molecular weight excluding hydrogens is 314 g/mol. The Labute approximate surface area is 148 Å². The molecule has 0 bridgehead atoms. The highest BCUT2D eigenvalue weighted by Gasteiger charge is 2.34. The molecule has 132 valence electrons. The molecular formula is C19H25N5O. The Balaban J connectivity index is 1.45. The van der Waals surface area contributed by atoms with Crippen molar-refractivity contribution in [3.05, 3.63) is 41.5 Å². The number of rotatable bonds is 4. The van der Waals surface area contributed by atoms with Crippen LogP contribution in [-0.2, 0) is 17.8 Å². The van der Waals surface area contributed by atoms with Gasteiger partial charge in [-0.2, -0.15) is 0 Å². The van der Waals surface area contributed by atoms with Crippen LogP contribution in [0.2, 0.25) is 0 Å². The van der Waals surface area contributed by atoms with Crippen LogP contribution in [0.5, 0.6) is 0 Å². The lowest BCUT2D eigenvalue weighted by Crippen LogP contribution is -2.40. The van der Waals surface area contributed by atoms with Gasteiger partial charge in [-0.15, -0.1) is 10.2 Å². The minimum Gasteiger partial charge on any atom is -0.314 e. The van der Waals surface area contributed by atoms with Gasteiger partial charge in [-0.25, -0.2) is 0 Å². The Bertz CT molecular complexity index is 767. The standard InChI is InChI=1S/C19H25N5O/c1-13-6-8-15(9-7-13)23-12-10-16(19(23)25)20-14(2)18-22-21-17-5-3-4-11-24(17)18/h6-9,14,16,20H,3-5,10-12H2,1-2H3/t14-,16-/m1/s1. The Morgan fingerprint density at radius 1 is 1.16 bits per heavy atom. The van der Waals surface area contributed by atoms with Gasteiger partial charge in [-0.1, -0.05) is 17.7 Å². The van der Waals surface area contributed by atoms with Crippen LogP contribution in [0, 0.1) is 6.92 Å². The van der Waals surface area contributed by atoms with Crippen LogP contribution in [-0.4, -0.2) is 33.3 Å². The summed E-state index contributed by atoms with van der Waals surface area (Å²) in [6.07, 6.45) is 4.18. The summed E-state index contributed by atoms with van der Waals surface area (Å²) in [6, 6.07) is 8.00. The van der Waals surface area contributed by atoms with Gasteiger partial charge in [0.1, 0.15) is 11.6 Å². The normalized spacial score (nSPS) is 21.4. The molecule has 1 aromatic heterocycles. The Hall–Kier alpha value is -2.21. The molecule has 6 nitrogen and oxygen atoms in total. The minimum absolute atomic E-state index is 0.0197. The molecule has 1 N–H and O–H groups in total. The number of hydrogen-bond donors (Lipinski definition) is 1. The van der Waals surface area contributed by atoms with Crippen molar-refractivity contribution in [3.63, 3.8) is 0 Å². The number of nitrogens with zero attached hydrogens (tertiary/aromatic N) is 4. The maximum atomic E-state index is 12.8. The second kappa shape index (κ2) is 6.59. The van der Waals surface area contributed by atoms with E-state index in [1.165, 1.54) is 18.4 Å². The van der Waals surface area contributed by atoms with E-state index in [2.05, 4.69) is 46.1 Å². The number of carbonyl (C=O) groups excluding carboxylic acids is 1. The molecule has 25 heavy (non-hydrogen) atoms. The second-order valence-corrected chi connectivity index (χ2v) is 7.14. The molecule has 3 heterocycles. The topological polar surface area (TPSA) is 63.0 Å². The summed E-state index contributed by atoms with van der Waals surface area (Å²) in [5.74, 6) is 2.18. The third-order valence-corrected chi connectivity index (χ3v) is 5.28. The first-order chi connectivity index (χ1) is 12.1. The quantitative estimate of drug-likeness (QED) is 0.929. The summed E-state index contributed by atoms with van der Waals surface area (Å²) in [5.41, 5.74) is 2.18. The Kier molecular flexibility index (Phi) is 4.29. The van der Waals surface area contributed by atoms with Gasteiger partial charge in [-0.05, 0) is 45.2 Å². The zero-order chi connectivity index (χ0) is 17.4. The van der Waals surface area contributed by atoms with Gasteiger partial charge in [-0.3, -0.25) is 10.1 Å². The van der Waals surface area contributed by atoms with E-state index in [1.807, 2.05) is 17.0 Å². The van der Waals surface area contributed by atoms with E-state index < -0.39 is 0 Å². The summed E-state index contributed by atoms with van der Waals surface area (Å²) in [4.78, 5) is 14.7. The van der Waals surface area contributed by atoms with Crippen LogP contribution in [0.25, 0.3) is 0 Å². The van der Waals surface area contributed by atoms with Crippen molar-refractivity contribution in [2.45, 2.75) is 58.2 Å². The molecule has 6 heteroatoms. The van der Waals surface area contributed by atoms with Crippen molar-refractivity contribution >= 4 is 11.6 Å². The molecule has 1 saturated heterocycles. The summed E-state index contributed by atoms with van der Waals surface area (Å²) in [7, 11) is 0. The van der Waals surface area contributed by atoms with E-state index in [1.54, 1.807) is 0 Å². The van der Waals surface area contributed by atoms with Crippen LogP contribution < -0.4 is 10.2 Å². The molecule has 0 aliphatic carbocycles. The molecule has 0 radical (unpaired) electrons. The second-order valence-electron chi connectivity index (χ2n) is 7.14. The molecule has 1 fully saturated rings. The van der Waals surface area contributed by atoms with Crippen LogP contribution in [0.15, 0.2) is 24.3 Å². The number of nitrogens with one attached hydrogen (secondary N) is 1. The molecule has 2 aliphatic rings. The third-order valence-electron chi connectivity index (χ3n) is 5.28. The van der Waals surface area contributed by atoms with Crippen LogP contribution in [0.1, 0.15) is 49.4 Å². The van der Waals surface area contributed by atoms with E-state index in [0.29, 0.717) is 0 Å². The van der Waals surface area contributed by atoms with Crippen molar-refractivity contribution in [2.24, 2.45) is 0 Å². The van der Waals surface area contributed by atoms with Gasteiger partial charge in [0.15, 0.2) is 0 Å². The molecule has 1 amide bonds. The number of anilines is 1. The minimum atomic E-state index is -0.159. The van der Waals surface area contributed by atoms with Crippen molar-refractivity contribution < 1.29 is 4.79 Å². The van der Waals surface area contributed by atoms with Crippen molar-refractivity contribution in [1.29, 1.82) is 0 Å². The lowest BCUT2D eigenvalue weighted by molar-refractivity contribution is -0.119. The summed E-state index contributed by atoms with van der Waals surface area (Å²) in [5, 5.41) is 12.2. The first-order valence-corrected chi connectivity index (χ1v) is 9.19. The number of aryl methyl sites for hydroxylation is 2. The van der Waals surface area contributed by atoms with E-state index in [4.69, 9.17) is 0 Å². The monoisotopic (exact) mass is 339 g/mol. The highest BCUT2D eigenvalue weighted by atomic mass is 16.2. The molecule has 2 aliphatic heterocycles. The number of aromatic nitrogens is 3. The van der Waals surface area contributed by atoms with E-state index in [0.717, 1.165) is 43.3 Å². The summed E-state index contributed by atoms with van der Waals surface area (Å²) < 4.78 is 2.22. The lowest BCUT2D eigenvalue weighted by Gasteiger charge is -2.22. The smallest absolute Gasteiger partial charge is 0.244 e. The van der Waals surface area contributed by atoms with Gasteiger partial charge >= 0.3 is 0 Å². The average molecular weight is 339 g/mol. The van der Waals surface area contributed by atoms with Crippen molar-refractivity contribution in [2.75, 3.05) is 11.4 Å². The average Bonchev–Trinajstić information content (AvgIpc) is 3.20. The largest absolute Gasteiger partial charge is 0.314 e. The number of benzene rings is 1. The predicted octanol–water partition coefficient (Wildman–Crippen LogP) is 2.38. The fourth-order valence-electron chi connectivity index (χ4n) is 3.84.